The van der Waals surface area contributed by atoms with E-state index in [2.05, 4.69) is 16.3 Å². The molecule has 7 nitrogen and oxygen atoms in total. The first-order valence-electron chi connectivity index (χ1n) is 11.6. The molecule has 2 aromatic rings. The molecule has 1 unspecified atom stereocenters. The van der Waals surface area contributed by atoms with Crippen LogP contribution in [0.3, 0.4) is 0 Å². The molecule has 2 aliphatic rings. The molecule has 2 aromatic carbocycles. The summed E-state index contributed by atoms with van der Waals surface area (Å²) in [6.45, 7) is 9.26. The summed E-state index contributed by atoms with van der Waals surface area (Å²) >= 11 is 6.12. The number of ether oxygens (including phenoxy) is 1. The van der Waals surface area contributed by atoms with Crippen LogP contribution in [0, 0.1) is 6.92 Å². The van der Waals surface area contributed by atoms with Crippen molar-refractivity contribution in [2.75, 3.05) is 55.6 Å². The van der Waals surface area contributed by atoms with Crippen molar-refractivity contribution in [3.63, 3.8) is 0 Å². The van der Waals surface area contributed by atoms with Gasteiger partial charge in [0, 0.05) is 10.7 Å². The zero-order valence-electron chi connectivity index (χ0n) is 19.3. The quantitative estimate of drug-likeness (QED) is 0.644. The van der Waals surface area contributed by atoms with Crippen molar-refractivity contribution < 1.29 is 19.2 Å². The molecule has 2 heterocycles. The molecule has 1 saturated heterocycles. The molecular formula is C25H32ClN4O3+. The second kappa shape index (κ2) is 10.4. The molecule has 176 valence electrons. The van der Waals surface area contributed by atoms with Gasteiger partial charge in [-0.25, -0.2) is 0 Å². The Balaban J connectivity index is 1.26. The number of anilines is 2. The van der Waals surface area contributed by atoms with Gasteiger partial charge in [-0.15, -0.1) is 0 Å². The number of carbonyl (C=O) groups excluding carboxylic acids is 2. The van der Waals surface area contributed by atoms with Crippen molar-refractivity contribution in [2.45, 2.75) is 26.4 Å². The lowest BCUT2D eigenvalue weighted by Crippen LogP contribution is -3.15. The van der Waals surface area contributed by atoms with Crippen LogP contribution in [0.15, 0.2) is 42.5 Å². The first kappa shape index (κ1) is 23.4. The largest absolute Gasteiger partial charge is 0.478 e. The summed E-state index contributed by atoms with van der Waals surface area (Å²) in [5.74, 6) is 0.347. The summed E-state index contributed by atoms with van der Waals surface area (Å²) < 4.78 is 5.83. The van der Waals surface area contributed by atoms with Gasteiger partial charge in [0.15, 0.2) is 6.10 Å². The van der Waals surface area contributed by atoms with Crippen LogP contribution in [0.2, 0.25) is 5.02 Å². The van der Waals surface area contributed by atoms with E-state index < -0.39 is 6.10 Å². The second-order valence-electron chi connectivity index (χ2n) is 8.73. The number of nitrogens with zero attached hydrogens (tertiary/aromatic N) is 2. The van der Waals surface area contributed by atoms with Crippen LogP contribution in [0.5, 0.6) is 5.75 Å². The van der Waals surface area contributed by atoms with Gasteiger partial charge in [0.1, 0.15) is 12.3 Å². The first-order chi connectivity index (χ1) is 15.9. The number of fused-ring (bicyclic) bond motifs is 1. The minimum atomic E-state index is -0.548. The van der Waals surface area contributed by atoms with Crippen molar-refractivity contribution in [1.82, 2.24) is 5.32 Å². The number of hydrogen-bond donors (Lipinski definition) is 2. The first-order valence-corrected chi connectivity index (χ1v) is 12.0. The highest BCUT2D eigenvalue weighted by Gasteiger charge is 2.34. The van der Waals surface area contributed by atoms with Crippen LogP contribution in [0.4, 0.5) is 11.4 Å². The van der Waals surface area contributed by atoms with E-state index in [1.54, 1.807) is 4.90 Å². The monoisotopic (exact) mass is 471 g/mol. The number of benzene rings is 2. The Bertz CT molecular complexity index is 1010. The lowest BCUT2D eigenvalue weighted by molar-refractivity contribution is -0.899. The van der Waals surface area contributed by atoms with Crippen LogP contribution in [-0.2, 0) is 9.59 Å². The van der Waals surface area contributed by atoms with E-state index in [4.69, 9.17) is 16.3 Å². The molecule has 0 aliphatic carbocycles. The van der Waals surface area contributed by atoms with Crippen molar-refractivity contribution in [1.29, 1.82) is 0 Å². The summed E-state index contributed by atoms with van der Waals surface area (Å²) in [6.07, 6.45) is 0.0164. The molecule has 2 aliphatic heterocycles. The van der Waals surface area contributed by atoms with Gasteiger partial charge in [0.25, 0.3) is 5.91 Å². The minimum absolute atomic E-state index is 0.00697. The maximum Gasteiger partial charge on any atom is 0.268 e. The predicted molar refractivity (Wildman–Crippen MR) is 130 cm³/mol. The Labute approximate surface area is 200 Å². The Morgan fingerprint density at radius 3 is 2.73 bits per heavy atom. The van der Waals surface area contributed by atoms with Gasteiger partial charge < -0.3 is 19.9 Å². The number of amides is 2. The topological polar surface area (TPSA) is 66.3 Å². The molecule has 1 atom stereocenters. The highest BCUT2D eigenvalue weighted by atomic mass is 35.5. The zero-order valence-corrected chi connectivity index (χ0v) is 20.0. The minimum Gasteiger partial charge on any atom is -0.478 e. The molecule has 1 fully saturated rings. The van der Waals surface area contributed by atoms with E-state index >= 15 is 0 Å². The van der Waals surface area contributed by atoms with Crippen molar-refractivity contribution >= 4 is 34.8 Å². The lowest BCUT2D eigenvalue weighted by Gasteiger charge is -2.34. The van der Waals surface area contributed by atoms with Crippen LogP contribution < -0.4 is 24.8 Å². The molecule has 0 bridgehead atoms. The molecule has 0 radical (unpaired) electrons. The molecule has 0 spiro atoms. The van der Waals surface area contributed by atoms with E-state index in [0.717, 1.165) is 49.0 Å². The van der Waals surface area contributed by atoms with Crippen molar-refractivity contribution in [3.05, 3.63) is 53.1 Å². The average Bonchev–Trinajstić information content (AvgIpc) is 2.81. The fourth-order valence-corrected chi connectivity index (χ4v) is 4.62. The summed E-state index contributed by atoms with van der Waals surface area (Å²) in [4.78, 5) is 30.9. The van der Waals surface area contributed by atoms with Gasteiger partial charge in [-0.05, 0) is 49.2 Å². The number of piperazine rings is 1. The number of quaternary nitrogens is 1. The van der Waals surface area contributed by atoms with E-state index in [0.29, 0.717) is 24.4 Å². The molecule has 0 aromatic heterocycles. The second-order valence-corrected chi connectivity index (χ2v) is 9.16. The van der Waals surface area contributed by atoms with Crippen LogP contribution in [0.1, 0.15) is 18.9 Å². The van der Waals surface area contributed by atoms with Crippen molar-refractivity contribution in [2.24, 2.45) is 0 Å². The Hall–Kier alpha value is -2.77. The fraction of sp³-hybridized carbons (Fsp3) is 0.440. The number of halogens is 1. The summed E-state index contributed by atoms with van der Waals surface area (Å²) in [5.41, 5.74) is 2.85. The van der Waals surface area contributed by atoms with E-state index in [-0.39, 0.29) is 18.4 Å². The third-order valence-electron chi connectivity index (χ3n) is 6.33. The van der Waals surface area contributed by atoms with E-state index in [9.17, 15) is 9.59 Å². The van der Waals surface area contributed by atoms with Crippen LogP contribution >= 0.6 is 11.6 Å². The summed E-state index contributed by atoms with van der Waals surface area (Å²) in [5, 5.41) is 3.76. The lowest BCUT2D eigenvalue weighted by atomic mass is 10.1. The van der Waals surface area contributed by atoms with Gasteiger partial charge in [-0.1, -0.05) is 30.7 Å². The molecule has 2 N–H and O–H groups in total. The van der Waals surface area contributed by atoms with Gasteiger partial charge in [-0.3, -0.25) is 14.5 Å². The molecule has 4 rings (SSSR count). The molecule has 2 amide bonds. The highest BCUT2D eigenvalue weighted by molar-refractivity contribution is 6.30. The fourth-order valence-electron chi connectivity index (χ4n) is 4.44. The van der Waals surface area contributed by atoms with Crippen LogP contribution in [0.25, 0.3) is 0 Å². The number of hydrogen-bond acceptors (Lipinski definition) is 4. The average molecular weight is 472 g/mol. The standard InChI is InChI=1S/C25H31ClN4O3/c1-3-22-25(32)30(21-15-18(2)7-8-23(21)33-22)17-24(31)27-9-10-28-11-13-29(14-12-28)20-6-4-5-19(26)16-20/h4-8,15-16,22H,3,9-14,17H2,1-2H3,(H,27,31)/p+1. The Morgan fingerprint density at radius 1 is 1.21 bits per heavy atom. The van der Waals surface area contributed by atoms with Gasteiger partial charge in [-0.2, -0.15) is 0 Å². The number of aryl methyl sites for hydroxylation is 1. The molecular weight excluding hydrogens is 440 g/mol. The Kier molecular flexibility index (Phi) is 7.40. The smallest absolute Gasteiger partial charge is 0.268 e. The number of carbonyl (C=O) groups is 2. The Morgan fingerprint density at radius 2 is 2.00 bits per heavy atom. The van der Waals surface area contributed by atoms with E-state index in [1.807, 2.05) is 50.2 Å². The van der Waals surface area contributed by atoms with Crippen LogP contribution in [-0.4, -0.2) is 63.7 Å². The number of rotatable bonds is 7. The van der Waals surface area contributed by atoms with E-state index in [1.165, 1.54) is 4.90 Å². The molecule has 0 saturated carbocycles. The van der Waals surface area contributed by atoms with Gasteiger partial charge >= 0.3 is 0 Å². The van der Waals surface area contributed by atoms with Gasteiger partial charge in [0.2, 0.25) is 5.91 Å². The predicted octanol–water partition coefficient (Wildman–Crippen LogP) is 1.67. The molecule has 33 heavy (non-hydrogen) atoms. The van der Waals surface area contributed by atoms with Crippen molar-refractivity contribution in [3.8, 4) is 5.75 Å². The normalized spacial score (nSPS) is 18.6. The summed E-state index contributed by atoms with van der Waals surface area (Å²) in [6, 6.07) is 13.7. The number of nitrogens with one attached hydrogen (secondary N) is 2. The highest BCUT2D eigenvalue weighted by Crippen LogP contribution is 2.35. The third kappa shape index (κ3) is 5.60. The third-order valence-corrected chi connectivity index (χ3v) is 6.57. The summed E-state index contributed by atoms with van der Waals surface area (Å²) in [7, 11) is 0. The SMILES string of the molecule is CCC1Oc2ccc(C)cc2N(CC(=O)NCC[NH+]2CCN(c3cccc(Cl)c3)CC2)C1=O. The molecule has 8 heteroatoms. The maximum atomic E-state index is 12.9. The maximum absolute atomic E-state index is 12.9. The van der Waals surface area contributed by atoms with Gasteiger partial charge in [0.05, 0.1) is 45.0 Å². The zero-order chi connectivity index (χ0) is 23.4.